The van der Waals surface area contributed by atoms with Crippen LogP contribution in [-0.4, -0.2) is 28.5 Å². The van der Waals surface area contributed by atoms with Gasteiger partial charge >= 0.3 is 0 Å². The van der Waals surface area contributed by atoms with E-state index in [1.807, 2.05) is 36.4 Å². The summed E-state index contributed by atoms with van der Waals surface area (Å²) >= 11 is 0. The molecule has 1 aromatic carbocycles. The Morgan fingerprint density at radius 2 is 2.05 bits per heavy atom. The van der Waals surface area contributed by atoms with Crippen molar-refractivity contribution in [3.05, 3.63) is 41.5 Å². The van der Waals surface area contributed by atoms with E-state index in [1.165, 1.54) is 6.92 Å². The summed E-state index contributed by atoms with van der Waals surface area (Å²) in [5, 5.41) is 3.08. The van der Waals surface area contributed by atoms with Gasteiger partial charge in [-0.3, -0.25) is 11.1 Å². The minimum absolute atomic E-state index is 0.123. The topological polar surface area (TPSA) is 79.7 Å². The maximum absolute atomic E-state index is 13.9. The summed E-state index contributed by atoms with van der Waals surface area (Å²) in [6.45, 7) is 4.88. The van der Waals surface area contributed by atoms with Crippen LogP contribution < -0.4 is 16.8 Å². The van der Waals surface area contributed by atoms with Gasteiger partial charge in [0.1, 0.15) is 17.6 Å². The molecule has 0 fully saturated rings. The van der Waals surface area contributed by atoms with Crippen LogP contribution in [0, 0.1) is 0 Å². The zero-order valence-corrected chi connectivity index (χ0v) is 13.0. The molecule has 1 heterocycles. The molecule has 5 N–H and O–H groups in total. The van der Waals surface area contributed by atoms with E-state index in [1.54, 1.807) is 18.7 Å². The number of aliphatic imine (C=N–C) groups is 1. The van der Waals surface area contributed by atoms with Crippen molar-refractivity contribution in [1.82, 2.24) is 10.2 Å². The van der Waals surface area contributed by atoms with Crippen LogP contribution in [0.2, 0.25) is 0 Å². The molecule has 0 aromatic heterocycles. The number of nitrogens with two attached hydrogens (primary N) is 2. The Morgan fingerprint density at radius 1 is 1.36 bits per heavy atom. The van der Waals surface area contributed by atoms with Crippen molar-refractivity contribution in [2.45, 2.75) is 44.4 Å². The average Bonchev–Trinajstić information content (AvgIpc) is 2.80. The van der Waals surface area contributed by atoms with Crippen LogP contribution in [-0.2, 0) is 0 Å². The van der Waals surface area contributed by atoms with E-state index in [0.717, 1.165) is 11.1 Å². The Hall–Kier alpha value is -1.92. The fraction of sp³-hybridized carbons (Fsp3) is 0.438. The lowest BCUT2D eigenvalue weighted by molar-refractivity contribution is 0.0336. The summed E-state index contributed by atoms with van der Waals surface area (Å²) in [6, 6.07) is 7.92. The van der Waals surface area contributed by atoms with Gasteiger partial charge < -0.3 is 10.6 Å². The van der Waals surface area contributed by atoms with Gasteiger partial charge in [0, 0.05) is 0 Å². The Balaban J connectivity index is 2.04. The number of benzene rings is 1. The summed E-state index contributed by atoms with van der Waals surface area (Å²) in [4.78, 5) is 6.12. The molecule has 0 bridgehead atoms. The van der Waals surface area contributed by atoms with E-state index in [9.17, 15) is 4.39 Å². The SMILES string of the molecule is C[C@@H](F)C1(C)N=C(N)N(C2C=Cc3ccccc32)[C@@](C)(N)N1. The van der Waals surface area contributed by atoms with Gasteiger partial charge in [0.05, 0.1) is 6.04 Å². The maximum Gasteiger partial charge on any atom is 0.196 e. The fourth-order valence-electron chi connectivity index (χ4n) is 3.21. The Morgan fingerprint density at radius 3 is 2.68 bits per heavy atom. The van der Waals surface area contributed by atoms with Crippen molar-refractivity contribution in [2.24, 2.45) is 16.5 Å². The second kappa shape index (κ2) is 4.79. The molecule has 2 aliphatic rings. The molecular weight excluding hydrogens is 281 g/mol. The predicted octanol–water partition coefficient (Wildman–Crippen LogP) is 1.68. The first kappa shape index (κ1) is 15.0. The first-order chi connectivity index (χ1) is 10.2. The molecule has 0 spiro atoms. The van der Waals surface area contributed by atoms with Crippen molar-refractivity contribution in [1.29, 1.82) is 0 Å². The van der Waals surface area contributed by atoms with Crippen molar-refractivity contribution in [3.63, 3.8) is 0 Å². The standard InChI is InChI=1S/C16H22FN5/c1-10(17)15(2)20-14(18)22(16(3,19)21-15)13-9-8-11-6-4-5-7-12(11)13/h4-10,13,21H,19H2,1-3H3,(H2,18,20)/t10-,13?,15?,16+/m1/s1. The van der Waals surface area contributed by atoms with E-state index in [0.29, 0.717) is 0 Å². The smallest absolute Gasteiger partial charge is 0.196 e. The highest BCUT2D eigenvalue weighted by atomic mass is 19.1. The van der Waals surface area contributed by atoms with E-state index >= 15 is 0 Å². The summed E-state index contributed by atoms with van der Waals surface area (Å²) in [5.41, 5.74) is 13.7. The predicted molar refractivity (Wildman–Crippen MR) is 86.4 cm³/mol. The highest BCUT2D eigenvalue weighted by molar-refractivity contribution is 5.82. The Kier molecular flexibility index (Phi) is 3.27. The maximum atomic E-state index is 13.9. The average molecular weight is 303 g/mol. The number of halogens is 1. The molecule has 5 nitrogen and oxygen atoms in total. The quantitative estimate of drug-likeness (QED) is 0.776. The number of alkyl halides is 1. The molecule has 0 saturated carbocycles. The summed E-state index contributed by atoms with van der Waals surface area (Å²) in [7, 11) is 0. The molecule has 1 aliphatic heterocycles. The molecular formula is C16H22FN5. The van der Waals surface area contributed by atoms with Crippen LogP contribution in [0.25, 0.3) is 6.08 Å². The highest BCUT2D eigenvalue weighted by Gasteiger charge is 2.47. The molecule has 1 aliphatic carbocycles. The zero-order valence-electron chi connectivity index (χ0n) is 13.0. The second-order valence-electron chi connectivity index (χ2n) is 6.31. The van der Waals surface area contributed by atoms with Crippen LogP contribution in [0.15, 0.2) is 35.3 Å². The Labute approximate surface area is 129 Å². The number of rotatable bonds is 2. The number of nitrogens with one attached hydrogen (secondary N) is 1. The van der Waals surface area contributed by atoms with E-state index in [2.05, 4.69) is 10.3 Å². The van der Waals surface area contributed by atoms with Gasteiger partial charge in [0.2, 0.25) is 0 Å². The van der Waals surface area contributed by atoms with E-state index in [4.69, 9.17) is 11.5 Å². The number of nitrogens with zero attached hydrogens (tertiary/aromatic N) is 2. The minimum atomic E-state index is -1.22. The number of hydrogen-bond donors (Lipinski definition) is 3. The van der Waals surface area contributed by atoms with Crippen LogP contribution in [0.3, 0.4) is 0 Å². The Bertz CT molecular complexity index is 652. The summed E-state index contributed by atoms with van der Waals surface area (Å²) in [6.07, 6.45) is 2.85. The third-order valence-electron chi connectivity index (χ3n) is 4.43. The lowest BCUT2D eigenvalue weighted by Crippen LogP contribution is -2.76. The van der Waals surface area contributed by atoms with Crippen LogP contribution in [0.4, 0.5) is 4.39 Å². The molecule has 0 radical (unpaired) electrons. The molecule has 4 atom stereocenters. The van der Waals surface area contributed by atoms with Gasteiger partial charge in [-0.25, -0.2) is 9.38 Å². The van der Waals surface area contributed by atoms with Gasteiger partial charge in [-0.05, 0) is 31.9 Å². The van der Waals surface area contributed by atoms with Crippen molar-refractivity contribution in [2.75, 3.05) is 0 Å². The fourth-order valence-corrected chi connectivity index (χ4v) is 3.21. The van der Waals surface area contributed by atoms with Crippen LogP contribution in [0.1, 0.15) is 37.9 Å². The molecule has 0 amide bonds. The number of guanidine groups is 1. The van der Waals surface area contributed by atoms with Gasteiger partial charge in [-0.2, -0.15) is 0 Å². The van der Waals surface area contributed by atoms with E-state index in [-0.39, 0.29) is 12.0 Å². The minimum Gasteiger partial charge on any atom is -0.370 e. The van der Waals surface area contributed by atoms with Crippen molar-refractivity contribution < 1.29 is 4.39 Å². The molecule has 2 unspecified atom stereocenters. The van der Waals surface area contributed by atoms with Gasteiger partial charge in [-0.15, -0.1) is 0 Å². The number of fused-ring (bicyclic) bond motifs is 1. The summed E-state index contributed by atoms with van der Waals surface area (Å²) in [5.74, 6) is -0.782. The lowest BCUT2D eigenvalue weighted by Gasteiger charge is -2.51. The third-order valence-corrected chi connectivity index (χ3v) is 4.43. The first-order valence-electron chi connectivity index (χ1n) is 7.39. The van der Waals surface area contributed by atoms with Gasteiger partial charge in [0.15, 0.2) is 5.96 Å². The van der Waals surface area contributed by atoms with Gasteiger partial charge in [0.25, 0.3) is 0 Å². The van der Waals surface area contributed by atoms with Crippen molar-refractivity contribution >= 4 is 12.0 Å². The summed E-state index contributed by atoms with van der Waals surface area (Å²) < 4.78 is 13.9. The molecule has 3 rings (SSSR count). The third kappa shape index (κ3) is 2.19. The highest BCUT2D eigenvalue weighted by Crippen LogP contribution is 2.37. The molecule has 22 heavy (non-hydrogen) atoms. The van der Waals surface area contributed by atoms with E-state index < -0.39 is 17.6 Å². The molecule has 6 heteroatoms. The zero-order chi connectivity index (χ0) is 16.1. The van der Waals surface area contributed by atoms with Crippen LogP contribution >= 0.6 is 0 Å². The molecule has 1 aromatic rings. The largest absolute Gasteiger partial charge is 0.370 e. The molecule has 0 saturated heterocycles. The monoisotopic (exact) mass is 303 g/mol. The lowest BCUT2D eigenvalue weighted by atomic mass is 10.0. The van der Waals surface area contributed by atoms with Crippen molar-refractivity contribution in [3.8, 4) is 0 Å². The first-order valence-corrected chi connectivity index (χ1v) is 7.39. The number of hydrogen-bond acceptors (Lipinski definition) is 5. The normalized spacial score (nSPS) is 35.2. The second-order valence-corrected chi connectivity index (χ2v) is 6.31. The molecule has 118 valence electrons. The van der Waals surface area contributed by atoms with Crippen LogP contribution in [0.5, 0.6) is 0 Å². The van der Waals surface area contributed by atoms with Gasteiger partial charge in [-0.1, -0.05) is 36.4 Å².